The molecule has 2 aromatic rings. The number of ether oxygens (including phenoxy) is 2. The van der Waals surface area contributed by atoms with Crippen molar-refractivity contribution < 1.29 is 27.8 Å². The first-order valence-corrected chi connectivity index (χ1v) is 9.03. The molecule has 0 unspecified atom stereocenters. The number of benzene rings is 2. The van der Waals surface area contributed by atoms with Gasteiger partial charge in [0.25, 0.3) is 10.0 Å². The van der Waals surface area contributed by atoms with Gasteiger partial charge in [-0.05, 0) is 31.5 Å². The summed E-state index contributed by atoms with van der Waals surface area (Å²) in [7, 11) is -3.99. The van der Waals surface area contributed by atoms with Crippen molar-refractivity contribution in [1.82, 2.24) is 0 Å². The van der Waals surface area contributed by atoms with Gasteiger partial charge in [0.05, 0.1) is 10.6 Å². The smallest absolute Gasteiger partial charge is 0.339 e. The van der Waals surface area contributed by atoms with Crippen LogP contribution in [0.15, 0.2) is 35.2 Å². The van der Waals surface area contributed by atoms with Crippen LogP contribution in [0.25, 0.3) is 0 Å². The van der Waals surface area contributed by atoms with E-state index in [0.717, 1.165) is 17.2 Å². The van der Waals surface area contributed by atoms with E-state index in [1.54, 1.807) is 19.1 Å². The summed E-state index contributed by atoms with van der Waals surface area (Å²) in [6.07, 6.45) is 0. The van der Waals surface area contributed by atoms with Crippen LogP contribution < -0.4 is 14.2 Å². The molecule has 1 aliphatic heterocycles. The Labute approximate surface area is 145 Å². The molecule has 0 bridgehead atoms. The molecule has 0 amide bonds. The number of nitrogens with one attached hydrogen (secondary N) is 1. The quantitative estimate of drug-likeness (QED) is 0.866. The molecule has 1 aliphatic rings. The monoisotopic (exact) mass is 363 g/mol. The number of fused-ring (bicyclic) bond motifs is 1. The molecular weight excluding hydrogens is 346 g/mol. The van der Waals surface area contributed by atoms with Gasteiger partial charge in [0, 0.05) is 6.07 Å². The van der Waals surface area contributed by atoms with Crippen molar-refractivity contribution in [3.05, 3.63) is 47.0 Å². The van der Waals surface area contributed by atoms with E-state index in [1.807, 2.05) is 13.0 Å². The highest BCUT2D eigenvalue weighted by molar-refractivity contribution is 7.92. The summed E-state index contributed by atoms with van der Waals surface area (Å²) in [6, 6.07) is 7.65. The first kappa shape index (κ1) is 17.1. The fourth-order valence-electron chi connectivity index (χ4n) is 2.57. The maximum atomic E-state index is 12.7. The summed E-state index contributed by atoms with van der Waals surface area (Å²) < 4.78 is 38.6. The molecule has 3 rings (SSSR count). The topological polar surface area (TPSA) is 102 Å². The maximum Gasteiger partial charge on any atom is 0.339 e. The molecular formula is C17H17NO6S. The molecule has 0 aromatic heterocycles. The van der Waals surface area contributed by atoms with Crippen molar-refractivity contribution >= 4 is 21.7 Å². The Hall–Kier alpha value is -2.74. The standard InChI is InChI=1S/C17H17NO6S/c1-10-3-4-14(11(2)7-10)18-25(21,22)12-8-13(17(19)20)16-15(9-12)23-5-6-24-16/h3-4,7-9,18H,5-6H2,1-2H3,(H,19,20). The van der Waals surface area contributed by atoms with Crippen LogP contribution in [0.4, 0.5) is 5.69 Å². The van der Waals surface area contributed by atoms with Crippen LogP contribution in [-0.4, -0.2) is 32.7 Å². The Morgan fingerprint density at radius 1 is 1.12 bits per heavy atom. The SMILES string of the molecule is Cc1ccc(NS(=O)(=O)c2cc3c(c(C(=O)O)c2)OCCO3)c(C)c1. The van der Waals surface area contributed by atoms with Crippen LogP contribution >= 0.6 is 0 Å². The third-order valence-electron chi connectivity index (χ3n) is 3.78. The van der Waals surface area contributed by atoms with Gasteiger partial charge in [-0.2, -0.15) is 0 Å². The summed E-state index contributed by atoms with van der Waals surface area (Å²) in [5, 5.41) is 9.34. The van der Waals surface area contributed by atoms with Gasteiger partial charge in [-0.25, -0.2) is 13.2 Å². The van der Waals surface area contributed by atoms with Gasteiger partial charge >= 0.3 is 5.97 Å². The molecule has 2 aromatic carbocycles. The Morgan fingerprint density at radius 3 is 2.52 bits per heavy atom. The molecule has 0 radical (unpaired) electrons. The summed E-state index contributed by atoms with van der Waals surface area (Å²) >= 11 is 0. The van der Waals surface area contributed by atoms with Gasteiger partial charge in [-0.1, -0.05) is 17.7 Å². The predicted octanol–water partition coefficient (Wildman–Crippen LogP) is 2.57. The number of aromatic carboxylic acids is 1. The van der Waals surface area contributed by atoms with E-state index in [0.29, 0.717) is 5.69 Å². The second-order valence-corrected chi connectivity index (χ2v) is 7.41. The minimum Gasteiger partial charge on any atom is -0.486 e. The number of hydrogen-bond acceptors (Lipinski definition) is 5. The van der Waals surface area contributed by atoms with E-state index in [-0.39, 0.29) is 35.2 Å². The molecule has 0 fully saturated rings. The highest BCUT2D eigenvalue weighted by atomic mass is 32.2. The van der Waals surface area contributed by atoms with E-state index < -0.39 is 16.0 Å². The molecule has 0 aliphatic carbocycles. The van der Waals surface area contributed by atoms with Crippen molar-refractivity contribution in [2.24, 2.45) is 0 Å². The summed E-state index contributed by atoms with van der Waals surface area (Å²) in [5.41, 5.74) is 1.95. The van der Waals surface area contributed by atoms with Gasteiger partial charge in [0.1, 0.15) is 18.8 Å². The normalized spacial score (nSPS) is 13.4. The molecule has 0 saturated carbocycles. The zero-order valence-electron chi connectivity index (χ0n) is 13.7. The van der Waals surface area contributed by atoms with Crippen molar-refractivity contribution in [3.8, 4) is 11.5 Å². The summed E-state index contributed by atoms with van der Waals surface area (Å²) in [6.45, 7) is 4.13. The van der Waals surface area contributed by atoms with Crippen molar-refractivity contribution in [3.63, 3.8) is 0 Å². The Kier molecular flexibility index (Phi) is 4.30. The van der Waals surface area contributed by atoms with Crippen LogP contribution in [0.5, 0.6) is 11.5 Å². The summed E-state index contributed by atoms with van der Waals surface area (Å²) in [5.74, 6) is -1.14. The fraction of sp³-hybridized carbons (Fsp3) is 0.235. The number of carboxylic acids is 1. The van der Waals surface area contributed by atoms with Crippen LogP contribution in [0, 0.1) is 13.8 Å². The van der Waals surface area contributed by atoms with Crippen molar-refractivity contribution in [2.75, 3.05) is 17.9 Å². The third kappa shape index (κ3) is 3.39. The lowest BCUT2D eigenvalue weighted by Gasteiger charge is -2.21. The average Bonchev–Trinajstić information content (AvgIpc) is 2.56. The maximum absolute atomic E-state index is 12.7. The van der Waals surface area contributed by atoms with Gasteiger partial charge in [0.15, 0.2) is 11.5 Å². The Balaban J connectivity index is 2.05. The minimum absolute atomic E-state index is 0.0456. The number of sulfonamides is 1. The van der Waals surface area contributed by atoms with Crippen molar-refractivity contribution in [2.45, 2.75) is 18.7 Å². The lowest BCUT2D eigenvalue weighted by Crippen LogP contribution is -2.20. The van der Waals surface area contributed by atoms with E-state index in [9.17, 15) is 18.3 Å². The Morgan fingerprint density at radius 2 is 1.84 bits per heavy atom. The van der Waals surface area contributed by atoms with E-state index in [4.69, 9.17) is 9.47 Å². The largest absolute Gasteiger partial charge is 0.486 e. The molecule has 25 heavy (non-hydrogen) atoms. The highest BCUT2D eigenvalue weighted by Gasteiger charge is 2.26. The molecule has 132 valence electrons. The van der Waals surface area contributed by atoms with Crippen LogP contribution in [0.2, 0.25) is 0 Å². The van der Waals surface area contributed by atoms with Crippen molar-refractivity contribution in [1.29, 1.82) is 0 Å². The number of carboxylic acid groups (broad SMARTS) is 1. The average molecular weight is 363 g/mol. The van der Waals surface area contributed by atoms with E-state index in [2.05, 4.69) is 4.72 Å². The number of aryl methyl sites for hydroxylation is 2. The van der Waals surface area contributed by atoms with Crippen LogP contribution in [0.3, 0.4) is 0 Å². The zero-order chi connectivity index (χ0) is 18.2. The van der Waals surface area contributed by atoms with Gasteiger partial charge in [-0.15, -0.1) is 0 Å². The minimum atomic E-state index is -3.99. The highest BCUT2D eigenvalue weighted by Crippen LogP contribution is 2.37. The van der Waals surface area contributed by atoms with Crippen LogP contribution in [0.1, 0.15) is 21.5 Å². The predicted molar refractivity (Wildman–Crippen MR) is 91.1 cm³/mol. The third-order valence-corrected chi connectivity index (χ3v) is 5.13. The second kappa shape index (κ2) is 6.29. The summed E-state index contributed by atoms with van der Waals surface area (Å²) in [4.78, 5) is 11.3. The first-order valence-electron chi connectivity index (χ1n) is 7.55. The molecule has 7 nitrogen and oxygen atoms in total. The number of anilines is 1. The lowest BCUT2D eigenvalue weighted by molar-refractivity contribution is 0.0685. The van der Waals surface area contributed by atoms with Gasteiger partial charge < -0.3 is 14.6 Å². The molecule has 0 saturated heterocycles. The second-order valence-electron chi connectivity index (χ2n) is 5.72. The lowest BCUT2D eigenvalue weighted by atomic mass is 10.1. The van der Waals surface area contributed by atoms with Gasteiger partial charge in [-0.3, -0.25) is 4.72 Å². The number of hydrogen-bond donors (Lipinski definition) is 2. The molecule has 0 atom stereocenters. The molecule has 1 heterocycles. The van der Waals surface area contributed by atoms with Crippen LogP contribution in [-0.2, 0) is 10.0 Å². The number of rotatable bonds is 4. The Bertz CT molecular complexity index is 952. The van der Waals surface area contributed by atoms with E-state index in [1.165, 1.54) is 6.07 Å². The van der Waals surface area contributed by atoms with E-state index >= 15 is 0 Å². The molecule has 0 spiro atoms. The zero-order valence-corrected chi connectivity index (χ0v) is 14.5. The fourth-order valence-corrected chi connectivity index (χ4v) is 3.75. The first-order chi connectivity index (χ1) is 11.8. The molecule has 8 heteroatoms. The van der Waals surface area contributed by atoms with Gasteiger partial charge in [0.2, 0.25) is 0 Å². The number of carbonyl (C=O) groups is 1. The molecule has 2 N–H and O–H groups in total.